The molecule has 2 aromatic rings. The first kappa shape index (κ1) is 20.1. The van der Waals surface area contributed by atoms with Crippen LogP contribution < -0.4 is 10.6 Å². The van der Waals surface area contributed by atoms with E-state index >= 15 is 0 Å². The summed E-state index contributed by atoms with van der Waals surface area (Å²) in [5.74, 6) is 0.589. The molecular formula is C22H25N5O3S. The summed E-state index contributed by atoms with van der Waals surface area (Å²) in [7, 11) is 0. The van der Waals surface area contributed by atoms with Crippen LogP contribution in [0.5, 0.6) is 0 Å². The van der Waals surface area contributed by atoms with E-state index in [0.29, 0.717) is 34.7 Å². The van der Waals surface area contributed by atoms with Crippen molar-refractivity contribution < 1.29 is 14.4 Å². The largest absolute Gasteiger partial charge is 0.331 e. The lowest BCUT2D eigenvalue weighted by atomic mass is 10.1. The van der Waals surface area contributed by atoms with Crippen LogP contribution in [0.4, 0.5) is 10.9 Å². The van der Waals surface area contributed by atoms with Crippen molar-refractivity contribution in [3.05, 3.63) is 22.9 Å². The molecule has 0 spiro atoms. The van der Waals surface area contributed by atoms with Gasteiger partial charge >= 0.3 is 0 Å². The van der Waals surface area contributed by atoms with Gasteiger partial charge in [-0.1, -0.05) is 11.3 Å². The maximum Gasteiger partial charge on any atom is 0.258 e. The average molecular weight is 440 g/mol. The first-order chi connectivity index (χ1) is 14.8. The Bertz CT molecular complexity index is 1100. The summed E-state index contributed by atoms with van der Waals surface area (Å²) in [5.41, 5.74) is 2.79. The second kappa shape index (κ2) is 7.40. The van der Waals surface area contributed by atoms with Crippen LogP contribution >= 0.6 is 11.3 Å². The zero-order chi connectivity index (χ0) is 21.9. The predicted molar refractivity (Wildman–Crippen MR) is 118 cm³/mol. The molecule has 0 saturated heterocycles. The standard InChI is InChI=1S/C22H25N5O3S/c1-10-18(31-22(23-10)24-12(3)28)16-8-15-9-27(11(2)13-4-5-13)21(30)17(15)19(25-16)26-20(29)14-6-7-14/h8,11,13-14H,4-7,9H2,1-3H3,(H,23,24,28)(H,25,26,29). The predicted octanol–water partition coefficient (Wildman–Crippen LogP) is 3.57. The summed E-state index contributed by atoms with van der Waals surface area (Å²) >= 11 is 1.34. The molecule has 3 heterocycles. The molecule has 2 aliphatic carbocycles. The molecule has 1 unspecified atom stereocenters. The Labute approximate surface area is 184 Å². The molecule has 2 aromatic heterocycles. The molecule has 1 atom stereocenters. The normalized spacial score (nSPS) is 18.7. The number of hydrogen-bond acceptors (Lipinski definition) is 6. The number of pyridine rings is 1. The zero-order valence-corrected chi connectivity index (χ0v) is 18.6. The third kappa shape index (κ3) is 3.82. The maximum absolute atomic E-state index is 13.3. The third-order valence-electron chi connectivity index (χ3n) is 6.21. The molecule has 0 radical (unpaired) electrons. The fraction of sp³-hybridized carbons (Fsp3) is 0.500. The van der Waals surface area contributed by atoms with E-state index in [0.717, 1.165) is 41.8 Å². The van der Waals surface area contributed by atoms with E-state index in [9.17, 15) is 14.4 Å². The van der Waals surface area contributed by atoms with Gasteiger partial charge in [0.15, 0.2) is 5.13 Å². The van der Waals surface area contributed by atoms with Crippen LogP contribution in [0.2, 0.25) is 0 Å². The lowest BCUT2D eigenvalue weighted by Gasteiger charge is -2.24. The topological polar surface area (TPSA) is 104 Å². The highest BCUT2D eigenvalue weighted by Crippen LogP contribution is 2.42. The SMILES string of the molecule is CC(=O)Nc1nc(C)c(-c2cc3c(c(NC(=O)C4CC4)n2)C(=O)N(C(C)C2CC2)C3)s1. The van der Waals surface area contributed by atoms with E-state index in [1.807, 2.05) is 17.9 Å². The summed E-state index contributed by atoms with van der Waals surface area (Å²) in [6, 6.07) is 2.10. The average Bonchev–Trinajstić information content (AvgIpc) is 3.62. The minimum absolute atomic E-state index is 0.00983. The number of hydrogen-bond donors (Lipinski definition) is 2. The van der Waals surface area contributed by atoms with Gasteiger partial charge in [0.05, 0.1) is 21.8 Å². The van der Waals surface area contributed by atoms with E-state index in [1.54, 1.807) is 0 Å². The van der Waals surface area contributed by atoms with Crippen molar-refractivity contribution in [2.24, 2.45) is 11.8 Å². The van der Waals surface area contributed by atoms with E-state index < -0.39 is 0 Å². The molecule has 0 aromatic carbocycles. The van der Waals surface area contributed by atoms with Gasteiger partial charge in [-0.2, -0.15) is 0 Å². The van der Waals surface area contributed by atoms with Gasteiger partial charge in [-0.25, -0.2) is 9.97 Å². The molecule has 31 heavy (non-hydrogen) atoms. The number of nitrogens with one attached hydrogen (secondary N) is 2. The lowest BCUT2D eigenvalue weighted by Crippen LogP contribution is -2.35. The molecular weight excluding hydrogens is 414 g/mol. The van der Waals surface area contributed by atoms with Crippen LogP contribution in [-0.2, 0) is 16.1 Å². The number of aryl methyl sites for hydroxylation is 1. The van der Waals surface area contributed by atoms with Crippen molar-refractivity contribution in [2.45, 2.75) is 59.0 Å². The van der Waals surface area contributed by atoms with Gasteiger partial charge in [0.1, 0.15) is 5.82 Å². The molecule has 3 amide bonds. The smallest absolute Gasteiger partial charge is 0.258 e. The number of carbonyl (C=O) groups excluding carboxylic acids is 3. The second-order valence-corrected chi connectivity index (χ2v) is 9.78. The van der Waals surface area contributed by atoms with Crippen LogP contribution in [0.25, 0.3) is 10.6 Å². The van der Waals surface area contributed by atoms with Crippen molar-refractivity contribution in [1.82, 2.24) is 14.9 Å². The summed E-state index contributed by atoms with van der Waals surface area (Å²) in [6.45, 7) is 5.92. The van der Waals surface area contributed by atoms with Crippen molar-refractivity contribution >= 4 is 40.0 Å². The Balaban J connectivity index is 1.54. The lowest BCUT2D eigenvalue weighted by molar-refractivity contribution is -0.117. The van der Waals surface area contributed by atoms with E-state index in [1.165, 1.54) is 18.3 Å². The number of fused-ring (bicyclic) bond motifs is 1. The number of nitrogens with zero attached hydrogens (tertiary/aromatic N) is 3. The van der Waals surface area contributed by atoms with Gasteiger partial charge in [0.25, 0.3) is 5.91 Å². The Morgan fingerprint density at radius 2 is 1.94 bits per heavy atom. The number of aromatic nitrogens is 2. The first-order valence-electron chi connectivity index (χ1n) is 10.7. The number of anilines is 2. The van der Waals surface area contributed by atoms with Crippen LogP contribution in [0.1, 0.15) is 61.1 Å². The van der Waals surface area contributed by atoms with Crippen LogP contribution in [0.15, 0.2) is 6.07 Å². The highest BCUT2D eigenvalue weighted by molar-refractivity contribution is 7.19. The Morgan fingerprint density at radius 3 is 2.58 bits per heavy atom. The number of carbonyl (C=O) groups is 3. The Kier molecular flexibility index (Phi) is 4.80. The van der Waals surface area contributed by atoms with E-state index in [2.05, 4.69) is 22.5 Å². The molecule has 2 N–H and O–H groups in total. The van der Waals surface area contributed by atoms with Gasteiger partial charge in [-0.15, -0.1) is 0 Å². The van der Waals surface area contributed by atoms with Gasteiger partial charge in [-0.3, -0.25) is 14.4 Å². The van der Waals surface area contributed by atoms with Crippen LogP contribution in [0, 0.1) is 18.8 Å². The van der Waals surface area contributed by atoms with Gasteiger partial charge in [0.2, 0.25) is 11.8 Å². The molecule has 5 rings (SSSR count). The molecule has 162 valence electrons. The van der Waals surface area contributed by atoms with Crippen LogP contribution in [-0.4, -0.2) is 38.6 Å². The number of amides is 3. The van der Waals surface area contributed by atoms with E-state index in [4.69, 9.17) is 4.98 Å². The first-order valence-corrected chi connectivity index (χ1v) is 11.5. The number of thiazole rings is 1. The number of rotatable bonds is 6. The molecule has 1 aliphatic heterocycles. The summed E-state index contributed by atoms with van der Waals surface area (Å²) in [5, 5.41) is 6.15. The fourth-order valence-corrected chi connectivity index (χ4v) is 5.10. The molecule has 2 saturated carbocycles. The Morgan fingerprint density at radius 1 is 1.19 bits per heavy atom. The molecule has 8 nitrogen and oxygen atoms in total. The summed E-state index contributed by atoms with van der Waals surface area (Å²) in [4.78, 5) is 49.1. The summed E-state index contributed by atoms with van der Waals surface area (Å²) < 4.78 is 0. The quantitative estimate of drug-likeness (QED) is 0.716. The molecule has 2 fully saturated rings. The van der Waals surface area contributed by atoms with E-state index in [-0.39, 0.29) is 29.7 Å². The van der Waals surface area contributed by atoms with Gasteiger partial charge in [0, 0.05) is 25.4 Å². The van der Waals surface area contributed by atoms with Gasteiger partial charge < -0.3 is 15.5 Å². The monoisotopic (exact) mass is 439 g/mol. The minimum atomic E-state index is -0.185. The summed E-state index contributed by atoms with van der Waals surface area (Å²) in [6.07, 6.45) is 4.06. The van der Waals surface area contributed by atoms with Crippen molar-refractivity contribution in [1.29, 1.82) is 0 Å². The van der Waals surface area contributed by atoms with Crippen molar-refractivity contribution in [3.63, 3.8) is 0 Å². The van der Waals surface area contributed by atoms with Gasteiger partial charge in [-0.05, 0) is 57.1 Å². The molecule has 9 heteroatoms. The molecule has 0 bridgehead atoms. The highest BCUT2D eigenvalue weighted by atomic mass is 32.1. The fourth-order valence-electron chi connectivity index (χ4n) is 4.13. The highest BCUT2D eigenvalue weighted by Gasteiger charge is 2.41. The molecule has 3 aliphatic rings. The van der Waals surface area contributed by atoms with Crippen LogP contribution in [0.3, 0.4) is 0 Å². The Hall–Kier alpha value is -2.81. The third-order valence-corrected chi connectivity index (χ3v) is 7.31. The minimum Gasteiger partial charge on any atom is -0.331 e. The maximum atomic E-state index is 13.3. The van der Waals surface area contributed by atoms with Crippen molar-refractivity contribution in [3.8, 4) is 10.6 Å². The second-order valence-electron chi connectivity index (χ2n) is 8.78. The van der Waals surface area contributed by atoms with Crippen molar-refractivity contribution in [2.75, 3.05) is 10.6 Å². The zero-order valence-electron chi connectivity index (χ0n) is 17.8.